The molecule has 0 saturated heterocycles. The van der Waals surface area contributed by atoms with E-state index in [1.807, 2.05) is 0 Å². The Balaban J connectivity index is 1.90. The summed E-state index contributed by atoms with van der Waals surface area (Å²) in [6.07, 6.45) is 6.66. The van der Waals surface area contributed by atoms with Crippen LogP contribution in [-0.4, -0.2) is 30.6 Å². The minimum Gasteiger partial charge on any atom is -0.310 e. The van der Waals surface area contributed by atoms with Crippen molar-refractivity contribution in [1.29, 1.82) is 0 Å². The van der Waals surface area contributed by atoms with Crippen LogP contribution in [0.2, 0.25) is 0 Å². The van der Waals surface area contributed by atoms with Crippen LogP contribution in [0.1, 0.15) is 57.6 Å². The lowest BCUT2D eigenvalue weighted by atomic mass is 10.0. The van der Waals surface area contributed by atoms with Crippen molar-refractivity contribution >= 4 is 15.9 Å². The van der Waals surface area contributed by atoms with Crippen molar-refractivity contribution in [3.05, 3.63) is 34.3 Å². The molecule has 1 aliphatic carbocycles. The molecule has 1 saturated carbocycles. The Hall–Kier alpha value is -0.380. The number of hydrogen-bond acceptors (Lipinski definition) is 2. The number of rotatable bonds is 10. The van der Waals surface area contributed by atoms with Gasteiger partial charge in [0, 0.05) is 23.1 Å². The van der Waals surface area contributed by atoms with E-state index in [-0.39, 0.29) is 0 Å². The second-order valence-corrected chi connectivity index (χ2v) is 6.99. The van der Waals surface area contributed by atoms with Gasteiger partial charge in [0.05, 0.1) is 0 Å². The van der Waals surface area contributed by atoms with Crippen LogP contribution in [0.25, 0.3) is 0 Å². The predicted octanol–water partition coefficient (Wildman–Crippen LogP) is 4.75. The molecule has 0 bridgehead atoms. The largest absolute Gasteiger partial charge is 0.310 e. The summed E-state index contributed by atoms with van der Waals surface area (Å²) >= 11 is 3.52. The topological polar surface area (TPSA) is 15.3 Å². The Morgan fingerprint density at radius 1 is 1.19 bits per heavy atom. The summed E-state index contributed by atoms with van der Waals surface area (Å²) in [6, 6.07) is 10.1. The molecular formula is C18H29BrN2. The molecule has 0 aliphatic heterocycles. The Labute approximate surface area is 138 Å². The van der Waals surface area contributed by atoms with Gasteiger partial charge in [0.25, 0.3) is 0 Å². The van der Waals surface area contributed by atoms with Gasteiger partial charge in [-0.1, -0.05) is 48.3 Å². The minimum atomic E-state index is 0.478. The standard InChI is InChI=1S/C18H29BrN2/c1-3-5-13-21(17-10-11-17)14-12-18(20-4-2)15-6-8-16(19)9-7-15/h6-9,17-18,20H,3-5,10-14H2,1-2H3. The molecule has 1 atom stereocenters. The molecule has 2 rings (SSSR count). The first-order valence-corrected chi connectivity index (χ1v) is 9.26. The molecule has 3 heteroatoms. The van der Waals surface area contributed by atoms with Crippen LogP contribution in [0.5, 0.6) is 0 Å². The molecule has 0 radical (unpaired) electrons. The Bertz CT molecular complexity index is 400. The molecular weight excluding hydrogens is 324 g/mol. The lowest BCUT2D eigenvalue weighted by Crippen LogP contribution is -2.32. The molecule has 0 spiro atoms. The van der Waals surface area contributed by atoms with Crippen molar-refractivity contribution in [2.45, 2.75) is 58.0 Å². The highest BCUT2D eigenvalue weighted by Crippen LogP contribution is 2.28. The second-order valence-electron chi connectivity index (χ2n) is 6.07. The Kier molecular flexibility index (Phi) is 7.21. The molecule has 2 nitrogen and oxygen atoms in total. The second kappa shape index (κ2) is 8.92. The predicted molar refractivity (Wildman–Crippen MR) is 94.7 cm³/mol. The summed E-state index contributed by atoms with van der Waals surface area (Å²) in [5, 5.41) is 3.65. The van der Waals surface area contributed by atoms with Crippen molar-refractivity contribution in [2.24, 2.45) is 0 Å². The van der Waals surface area contributed by atoms with Crippen LogP contribution in [-0.2, 0) is 0 Å². The third-order valence-electron chi connectivity index (χ3n) is 4.29. The van der Waals surface area contributed by atoms with Crippen molar-refractivity contribution in [1.82, 2.24) is 10.2 Å². The number of hydrogen-bond donors (Lipinski definition) is 1. The average Bonchev–Trinajstić information content (AvgIpc) is 3.32. The molecule has 1 aromatic rings. The maximum absolute atomic E-state index is 3.65. The summed E-state index contributed by atoms with van der Waals surface area (Å²) in [6.45, 7) is 8.01. The maximum Gasteiger partial charge on any atom is 0.0332 e. The first-order chi connectivity index (χ1) is 10.2. The van der Waals surface area contributed by atoms with Gasteiger partial charge in [-0.2, -0.15) is 0 Å². The smallest absolute Gasteiger partial charge is 0.0332 e. The highest BCUT2D eigenvalue weighted by molar-refractivity contribution is 9.10. The van der Waals surface area contributed by atoms with Crippen molar-refractivity contribution in [2.75, 3.05) is 19.6 Å². The van der Waals surface area contributed by atoms with Crippen LogP contribution >= 0.6 is 15.9 Å². The van der Waals surface area contributed by atoms with E-state index in [9.17, 15) is 0 Å². The number of benzene rings is 1. The number of unbranched alkanes of at least 4 members (excludes halogenated alkanes) is 1. The average molecular weight is 353 g/mol. The Morgan fingerprint density at radius 3 is 2.48 bits per heavy atom. The van der Waals surface area contributed by atoms with Crippen molar-refractivity contribution in [3.8, 4) is 0 Å². The third kappa shape index (κ3) is 5.72. The number of nitrogens with one attached hydrogen (secondary N) is 1. The molecule has 0 heterocycles. The monoisotopic (exact) mass is 352 g/mol. The SMILES string of the molecule is CCCCN(CCC(NCC)c1ccc(Br)cc1)C1CC1. The summed E-state index contributed by atoms with van der Waals surface area (Å²) in [7, 11) is 0. The normalized spacial score (nSPS) is 16.4. The Morgan fingerprint density at radius 2 is 1.90 bits per heavy atom. The van der Waals surface area contributed by atoms with Gasteiger partial charge in [-0.3, -0.25) is 0 Å². The highest BCUT2D eigenvalue weighted by atomic mass is 79.9. The van der Waals surface area contributed by atoms with E-state index in [1.165, 1.54) is 50.8 Å². The summed E-state index contributed by atoms with van der Waals surface area (Å²) in [5.41, 5.74) is 1.41. The zero-order chi connectivity index (χ0) is 15.1. The van der Waals surface area contributed by atoms with Crippen LogP contribution in [0, 0.1) is 0 Å². The summed E-state index contributed by atoms with van der Waals surface area (Å²) in [4.78, 5) is 2.71. The number of nitrogens with zero attached hydrogens (tertiary/aromatic N) is 1. The molecule has 1 aromatic carbocycles. The maximum atomic E-state index is 3.65. The lowest BCUT2D eigenvalue weighted by molar-refractivity contribution is 0.243. The van der Waals surface area contributed by atoms with E-state index in [0.717, 1.165) is 17.1 Å². The fraction of sp³-hybridized carbons (Fsp3) is 0.667. The van der Waals surface area contributed by atoms with Gasteiger partial charge >= 0.3 is 0 Å². The molecule has 0 amide bonds. The van der Waals surface area contributed by atoms with Gasteiger partial charge in [-0.05, 0) is 56.5 Å². The molecule has 0 aromatic heterocycles. The molecule has 1 aliphatic rings. The van der Waals surface area contributed by atoms with Crippen LogP contribution in [0.15, 0.2) is 28.7 Å². The van der Waals surface area contributed by atoms with Crippen molar-refractivity contribution < 1.29 is 0 Å². The van der Waals surface area contributed by atoms with E-state index in [2.05, 4.69) is 64.3 Å². The molecule has 1 fully saturated rings. The summed E-state index contributed by atoms with van der Waals surface area (Å²) < 4.78 is 1.16. The molecule has 21 heavy (non-hydrogen) atoms. The fourth-order valence-corrected chi connectivity index (χ4v) is 3.17. The van der Waals surface area contributed by atoms with Crippen molar-refractivity contribution in [3.63, 3.8) is 0 Å². The first kappa shape index (κ1) is 17.0. The van der Waals surface area contributed by atoms with Gasteiger partial charge < -0.3 is 10.2 Å². The highest BCUT2D eigenvalue weighted by Gasteiger charge is 2.28. The zero-order valence-corrected chi connectivity index (χ0v) is 15.0. The zero-order valence-electron chi connectivity index (χ0n) is 13.4. The van der Waals surface area contributed by atoms with Gasteiger partial charge in [0.15, 0.2) is 0 Å². The quantitative estimate of drug-likeness (QED) is 0.653. The van der Waals surface area contributed by atoms with E-state index < -0.39 is 0 Å². The van der Waals surface area contributed by atoms with E-state index in [4.69, 9.17) is 0 Å². The van der Waals surface area contributed by atoms with Crippen LogP contribution < -0.4 is 5.32 Å². The van der Waals surface area contributed by atoms with E-state index >= 15 is 0 Å². The minimum absolute atomic E-state index is 0.478. The molecule has 1 unspecified atom stereocenters. The van der Waals surface area contributed by atoms with Gasteiger partial charge in [0.2, 0.25) is 0 Å². The first-order valence-electron chi connectivity index (χ1n) is 8.47. The van der Waals surface area contributed by atoms with E-state index in [1.54, 1.807) is 0 Å². The third-order valence-corrected chi connectivity index (χ3v) is 4.82. The van der Waals surface area contributed by atoms with Crippen LogP contribution in [0.4, 0.5) is 0 Å². The summed E-state index contributed by atoms with van der Waals surface area (Å²) in [5.74, 6) is 0. The van der Waals surface area contributed by atoms with Gasteiger partial charge in [-0.25, -0.2) is 0 Å². The fourth-order valence-electron chi connectivity index (χ4n) is 2.90. The van der Waals surface area contributed by atoms with Crippen LogP contribution in [0.3, 0.4) is 0 Å². The van der Waals surface area contributed by atoms with E-state index in [0.29, 0.717) is 6.04 Å². The molecule has 118 valence electrons. The lowest BCUT2D eigenvalue weighted by Gasteiger charge is -2.25. The van der Waals surface area contributed by atoms with Gasteiger partial charge in [-0.15, -0.1) is 0 Å². The molecule has 1 N–H and O–H groups in total. The van der Waals surface area contributed by atoms with Gasteiger partial charge in [0.1, 0.15) is 0 Å². The number of halogens is 1.